The van der Waals surface area contributed by atoms with E-state index in [2.05, 4.69) is 37.2 Å². The van der Waals surface area contributed by atoms with Crippen LogP contribution in [0.5, 0.6) is 0 Å². The zero-order chi connectivity index (χ0) is 28.7. The van der Waals surface area contributed by atoms with Gasteiger partial charge in [-0.15, -0.1) is 0 Å². The van der Waals surface area contributed by atoms with Gasteiger partial charge in [0.05, 0.1) is 10.6 Å². The molecule has 1 N–H and O–H groups in total. The van der Waals surface area contributed by atoms with E-state index in [1.807, 2.05) is 45.0 Å². The highest BCUT2D eigenvalue weighted by Gasteiger charge is 2.32. The highest BCUT2D eigenvalue weighted by molar-refractivity contribution is 9.10. The number of carbonyl (C=O) groups excluding carboxylic acids is 2. The van der Waals surface area contributed by atoms with Gasteiger partial charge in [0.2, 0.25) is 11.8 Å². The molecular weight excluding hydrogens is 646 g/mol. The predicted octanol–water partition coefficient (Wildman–Crippen LogP) is 6.05. The molecule has 0 bridgehead atoms. The monoisotopic (exact) mass is 677 g/mol. The van der Waals surface area contributed by atoms with Gasteiger partial charge in [0, 0.05) is 21.5 Å². The second kappa shape index (κ2) is 13.6. The molecule has 0 radical (unpaired) electrons. The number of nitrogens with one attached hydrogen (secondary N) is 1. The van der Waals surface area contributed by atoms with Crippen LogP contribution in [0.15, 0.2) is 86.6 Å². The summed E-state index contributed by atoms with van der Waals surface area (Å²) in [6, 6.07) is 19.8. The minimum Gasteiger partial charge on any atom is -0.352 e. The number of anilines is 1. The Kier molecular flexibility index (Phi) is 10.7. The van der Waals surface area contributed by atoms with Gasteiger partial charge in [-0.3, -0.25) is 13.9 Å². The maximum atomic E-state index is 13.9. The molecule has 2 amide bonds. The first kappa shape index (κ1) is 30.8. The Hall–Kier alpha value is -2.69. The summed E-state index contributed by atoms with van der Waals surface area (Å²) in [5, 5.41) is 2.94. The molecule has 7 nitrogen and oxygen atoms in total. The lowest BCUT2D eigenvalue weighted by molar-refractivity contribution is -0.139. The van der Waals surface area contributed by atoms with Crippen LogP contribution in [-0.2, 0) is 26.2 Å². The van der Waals surface area contributed by atoms with E-state index < -0.39 is 28.5 Å². The molecule has 10 heteroatoms. The fourth-order valence-corrected chi connectivity index (χ4v) is 5.89. The third kappa shape index (κ3) is 8.16. The first-order valence-electron chi connectivity index (χ1n) is 12.6. The van der Waals surface area contributed by atoms with Crippen molar-refractivity contribution >= 4 is 59.4 Å². The zero-order valence-corrected chi connectivity index (χ0v) is 26.4. The number of aryl methyl sites for hydroxylation is 1. The third-order valence-corrected chi connectivity index (χ3v) is 9.23. The topological polar surface area (TPSA) is 86.8 Å². The minimum atomic E-state index is -4.11. The molecule has 0 fully saturated rings. The average Bonchev–Trinajstić information content (AvgIpc) is 2.90. The molecule has 0 saturated carbocycles. The Morgan fingerprint density at radius 3 is 2.15 bits per heavy atom. The lowest BCUT2D eigenvalue weighted by Gasteiger charge is -2.32. The van der Waals surface area contributed by atoms with Crippen molar-refractivity contribution in [2.24, 2.45) is 0 Å². The molecule has 0 aliphatic carbocycles. The highest BCUT2D eigenvalue weighted by Crippen LogP contribution is 2.27. The number of benzene rings is 3. The summed E-state index contributed by atoms with van der Waals surface area (Å²) in [7, 11) is -4.11. The molecule has 2 atom stereocenters. The number of halogens is 2. The van der Waals surface area contributed by atoms with Crippen LogP contribution in [0.25, 0.3) is 0 Å². The van der Waals surface area contributed by atoms with E-state index in [9.17, 15) is 18.0 Å². The van der Waals surface area contributed by atoms with Crippen molar-refractivity contribution in [2.75, 3.05) is 10.8 Å². The van der Waals surface area contributed by atoms with E-state index in [0.29, 0.717) is 10.2 Å². The molecule has 3 aromatic rings. The molecule has 0 saturated heterocycles. The van der Waals surface area contributed by atoms with Crippen molar-refractivity contribution in [2.45, 2.75) is 57.6 Å². The summed E-state index contributed by atoms with van der Waals surface area (Å²) in [6.45, 7) is 7.05. The molecular formula is C29H33Br2N3O4S. The standard InChI is InChI=1S/C29H33Br2N3O4S/c1-5-21(3)32-29(36)22(4)33(18-23-11-13-24(30)14-12-23)28(35)19-34(26-8-6-7-25(31)17-26)39(37,38)27-15-9-20(2)10-16-27/h6-17,21-22H,5,18-19H2,1-4H3,(H,32,36)/t21-,22-/m0/s1. The first-order chi connectivity index (χ1) is 18.4. The molecule has 0 spiro atoms. The molecule has 3 rings (SSSR count). The molecule has 0 aliphatic rings. The Morgan fingerprint density at radius 2 is 1.56 bits per heavy atom. The van der Waals surface area contributed by atoms with E-state index in [4.69, 9.17) is 0 Å². The normalized spacial score (nSPS) is 12.9. The fraction of sp³-hybridized carbons (Fsp3) is 0.310. The smallest absolute Gasteiger partial charge is 0.264 e. The molecule has 0 unspecified atom stereocenters. The van der Waals surface area contributed by atoms with Gasteiger partial charge in [-0.05, 0) is 75.2 Å². The number of amides is 2. The molecule has 0 aromatic heterocycles. The van der Waals surface area contributed by atoms with Gasteiger partial charge in [-0.2, -0.15) is 0 Å². The van der Waals surface area contributed by atoms with Crippen LogP contribution in [0.4, 0.5) is 5.69 Å². The molecule has 208 valence electrons. The Bertz CT molecular complexity index is 1400. The van der Waals surface area contributed by atoms with Gasteiger partial charge < -0.3 is 10.2 Å². The van der Waals surface area contributed by atoms with Crippen molar-refractivity contribution in [3.05, 3.63) is 92.9 Å². The summed E-state index contributed by atoms with van der Waals surface area (Å²) < 4.78 is 30.4. The van der Waals surface area contributed by atoms with Crippen molar-refractivity contribution in [1.29, 1.82) is 0 Å². The van der Waals surface area contributed by atoms with Crippen LogP contribution >= 0.6 is 31.9 Å². The van der Waals surface area contributed by atoms with Gasteiger partial charge in [0.1, 0.15) is 12.6 Å². The van der Waals surface area contributed by atoms with Gasteiger partial charge >= 0.3 is 0 Å². The first-order valence-corrected chi connectivity index (χ1v) is 15.6. The van der Waals surface area contributed by atoms with Gasteiger partial charge in [-0.1, -0.05) is 74.7 Å². The van der Waals surface area contributed by atoms with Gasteiger partial charge in [-0.25, -0.2) is 8.42 Å². The van der Waals surface area contributed by atoms with Crippen molar-refractivity contribution in [3.8, 4) is 0 Å². The summed E-state index contributed by atoms with van der Waals surface area (Å²) in [5.41, 5.74) is 2.06. The number of hydrogen-bond acceptors (Lipinski definition) is 4. The number of sulfonamides is 1. The average molecular weight is 679 g/mol. The van der Waals surface area contributed by atoms with Crippen molar-refractivity contribution in [3.63, 3.8) is 0 Å². The SMILES string of the molecule is CC[C@H](C)NC(=O)[C@H](C)N(Cc1ccc(Br)cc1)C(=O)CN(c1cccc(Br)c1)S(=O)(=O)c1ccc(C)cc1. The van der Waals surface area contributed by atoms with E-state index >= 15 is 0 Å². The summed E-state index contributed by atoms with van der Waals surface area (Å²) >= 11 is 6.83. The Morgan fingerprint density at radius 1 is 0.923 bits per heavy atom. The second-order valence-corrected chi connectivity index (χ2v) is 13.1. The van der Waals surface area contributed by atoms with E-state index in [-0.39, 0.29) is 23.4 Å². The fourth-order valence-electron chi connectivity index (χ4n) is 3.83. The zero-order valence-electron chi connectivity index (χ0n) is 22.4. The summed E-state index contributed by atoms with van der Waals surface area (Å²) in [6.07, 6.45) is 0.741. The molecule has 0 heterocycles. The van der Waals surface area contributed by atoms with Crippen LogP contribution in [0, 0.1) is 6.92 Å². The van der Waals surface area contributed by atoms with Crippen molar-refractivity contribution < 1.29 is 18.0 Å². The van der Waals surface area contributed by atoms with E-state index in [1.54, 1.807) is 43.3 Å². The molecule has 0 aliphatic heterocycles. The lowest BCUT2D eigenvalue weighted by atomic mass is 10.1. The Balaban J connectivity index is 2.02. The van der Waals surface area contributed by atoms with Crippen LogP contribution in [-0.4, -0.2) is 43.8 Å². The van der Waals surface area contributed by atoms with Gasteiger partial charge in [0.15, 0.2) is 0 Å². The number of nitrogens with zero attached hydrogens (tertiary/aromatic N) is 2. The minimum absolute atomic E-state index is 0.0651. The maximum absolute atomic E-state index is 13.9. The number of carbonyl (C=O) groups is 2. The maximum Gasteiger partial charge on any atom is 0.264 e. The quantitative estimate of drug-likeness (QED) is 0.268. The summed E-state index contributed by atoms with van der Waals surface area (Å²) in [5.74, 6) is -0.800. The molecule has 3 aromatic carbocycles. The predicted molar refractivity (Wildman–Crippen MR) is 162 cm³/mol. The van der Waals surface area contributed by atoms with Gasteiger partial charge in [0.25, 0.3) is 10.0 Å². The number of hydrogen-bond donors (Lipinski definition) is 1. The van der Waals surface area contributed by atoms with Crippen LogP contribution < -0.4 is 9.62 Å². The number of rotatable bonds is 11. The van der Waals surface area contributed by atoms with Crippen LogP contribution in [0.1, 0.15) is 38.3 Å². The highest BCUT2D eigenvalue weighted by atomic mass is 79.9. The largest absolute Gasteiger partial charge is 0.352 e. The second-order valence-electron chi connectivity index (χ2n) is 9.45. The van der Waals surface area contributed by atoms with Crippen molar-refractivity contribution in [1.82, 2.24) is 10.2 Å². The summed E-state index contributed by atoms with van der Waals surface area (Å²) in [4.78, 5) is 28.5. The van der Waals surface area contributed by atoms with E-state index in [0.717, 1.165) is 26.3 Å². The molecule has 39 heavy (non-hydrogen) atoms. The Labute approximate surface area is 247 Å². The van der Waals surface area contributed by atoms with Crippen LogP contribution in [0.2, 0.25) is 0 Å². The lowest BCUT2D eigenvalue weighted by Crippen LogP contribution is -2.52. The van der Waals surface area contributed by atoms with Crippen LogP contribution in [0.3, 0.4) is 0 Å². The third-order valence-electron chi connectivity index (χ3n) is 6.42. The van der Waals surface area contributed by atoms with E-state index in [1.165, 1.54) is 17.0 Å².